The summed E-state index contributed by atoms with van der Waals surface area (Å²) in [5.41, 5.74) is 1.91. The molecule has 0 saturated heterocycles. The molecule has 0 aliphatic heterocycles. The summed E-state index contributed by atoms with van der Waals surface area (Å²) in [6.45, 7) is 4.63. The molecule has 1 fully saturated rings. The molecule has 0 atom stereocenters. The molecule has 0 radical (unpaired) electrons. The summed E-state index contributed by atoms with van der Waals surface area (Å²) >= 11 is 0. The summed E-state index contributed by atoms with van der Waals surface area (Å²) in [6, 6.07) is 8.35. The van der Waals surface area contributed by atoms with Crippen molar-refractivity contribution in [2.24, 2.45) is 0 Å². The second-order valence-electron chi connectivity index (χ2n) is 6.95. The van der Waals surface area contributed by atoms with E-state index in [4.69, 9.17) is 0 Å². The topological polar surface area (TPSA) is 57.6 Å². The van der Waals surface area contributed by atoms with Crippen molar-refractivity contribution in [2.75, 3.05) is 0 Å². The smallest absolute Gasteiger partial charge is 0.274 e. The Balaban J connectivity index is 1.74. The number of para-hydroxylation sites is 1. The largest absolute Gasteiger partial charge is 0.276 e. The van der Waals surface area contributed by atoms with Gasteiger partial charge in [0.05, 0.1) is 29.7 Å². The van der Waals surface area contributed by atoms with Crippen LogP contribution in [-0.4, -0.2) is 24.4 Å². The molecule has 0 unspecified atom stereocenters. The molecule has 0 bridgehead atoms. The molecule has 3 aromatic rings. The van der Waals surface area contributed by atoms with Crippen LogP contribution in [0.1, 0.15) is 57.3 Å². The first kappa shape index (κ1) is 15.2. The molecule has 6 heteroatoms. The Labute approximate surface area is 140 Å². The Morgan fingerprint density at radius 1 is 1.21 bits per heavy atom. The predicted molar refractivity (Wildman–Crippen MR) is 93.2 cm³/mol. The van der Waals surface area contributed by atoms with Gasteiger partial charge in [0.2, 0.25) is 0 Å². The molecular formula is C18H23N5O. The first-order valence-corrected chi connectivity index (χ1v) is 8.76. The van der Waals surface area contributed by atoms with Gasteiger partial charge in [-0.05, 0) is 38.8 Å². The van der Waals surface area contributed by atoms with Crippen molar-refractivity contribution < 1.29 is 0 Å². The molecule has 24 heavy (non-hydrogen) atoms. The lowest BCUT2D eigenvalue weighted by atomic mass is 10.2. The highest BCUT2D eigenvalue weighted by Gasteiger charge is 2.20. The average Bonchev–Trinajstić information content (AvgIpc) is 3.29. The SMILES string of the molecule is CC(C)n1c(=O)c2ccccc2n1Cc1cn(C2CCCC2)nn1. The lowest BCUT2D eigenvalue weighted by Crippen LogP contribution is -2.25. The number of rotatable bonds is 4. The van der Waals surface area contributed by atoms with E-state index in [1.165, 1.54) is 25.7 Å². The van der Waals surface area contributed by atoms with Crippen molar-refractivity contribution in [1.82, 2.24) is 24.4 Å². The van der Waals surface area contributed by atoms with Crippen molar-refractivity contribution in [1.29, 1.82) is 0 Å². The number of benzene rings is 1. The monoisotopic (exact) mass is 325 g/mol. The number of fused-ring (bicyclic) bond motifs is 1. The van der Waals surface area contributed by atoms with Gasteiger partial charge in [0.15, 0.2) is 0 Å². The lowest BCUT2D eigenvalue weighted by Gasteiger charge is -2.14. The molecule has 4 rings (SSSR count). The van der Waals surface area contributed by atoms with E-state index >= 15 is 0 Å². The fourth-order valence-electron chi connectivity index (χ4n) is 3.79. The fourth-order valence-corrected chi connectivity index (χ4v) is 3.79. The molecule has 1 aromatic carbocycles. The van der Waals surface area contributed by atoms with Gasteiger partial charge in [-0.25, -0.2) is 9.36 Å². The van der Waals surface area contributed by atoms with Crippen LogP contribution in [0.15, 0.2) is 35.3 Å². The van der Waals surface area contributed by atoms with Crippen molar-refractivity contribution >= 4 is 10.9 Å². The van der Waals surface area contributed by atoms with Gasteiger partial charge in [0.1, 0.15) is 5.69 Å². The van der Waals surface area contributed by atoms with Crippen LogP contribution in [0, 0.1) is 0 Å². The third-order valence-corrected chi connectivity index (χ3v) is 4.94. The zero-order valence-electron chi connectivity index (χ0n) is 14.2. The van der Waals surface area contributed by atoms with E-state index in [0.29, 0.717) is 12.6 Å². The molecule has 0 N–H and O–H groups in total. The number of nitrogens with zero attached hydrogens (tertiary/aromatic N) is 5. The van der Waals surface area contributed by atoms with E-state index in [2.05, 4.69) is 10.3 Å². The van der Waals surface area contributed by atoms with Crippen LogP contribution in [0.3, 0.4) is 0 Å². The summed E-state index contributed by atoms with van der Waals surface area (Å²) in [5.74, 6) is 0. The molecule has 6 nitrogen and oxygen atoms in total. The van der Waals surface area contributed by atoms with Crippen molar-refractivity contribution in [3.63, 3.8) is 0 Å². The maximum atomic E-state index is 12.7. The molecule has 0 spiro atoms. The van der Waals surface area contributed by atoms with Crippen molar-refractivity contribution in [3.8, 4) is 0 Å². The molecule has 1 saturated carbocycles. The highest BCUT2D eigenvalue weighted by molar-refractivity contribution is 5.78. The van der Waals surface area contributed by atoms with Crippen LogP contribution >= 0.6 is 0 Å². The predicted octanol–water partition coefficient (Wildman–Crippen LogP) is 3.14. The Morgan fingerprint density at radius 2 is 1.96 bits per heavy atom. The third kappa shape index (κ3) is 2.46. The first-order chi connectivity index (χ1) is 11.6. The molecule has 126 valence electrons. The van der Waals surface area contributed by atoms with Crippen LogP contribution < -0.4 is 5.56 Å². The lowest BCUT2D eigenvalue weighted by molar-refractivity contribution is 0.425. The maximum absolute atomic E-state index is 12.7. The van der Waals surface area contributed by atoms with E-state index in [-0.39, 0.29) is 11.6 Å². The third-order valence-electron chi connectivity index (χ3n) is 4.94. The van der Waals surface area contributed by atoms with Gasteiger partial charge in [0.25, 0.3) is 5.56 Å². The molecule has 0 amide bonds. The van der Waals surface area contributed by atoms with Gasteiger partial charge >= 0.3 is 0 Å². The fraction of sp³-hybridized carbons (Fsp3) is 0.500. The van der Waals surface area contributed by atoms with Gasteiger partial charge in [-0.15, -0.1) is 5.10 Å². The zero-order valence-corrected chi connectivity index (χ0v) is 14.2. The van der Waals surface area contributed by atoms with Crippen LogP contribution in [0.4, 0.5) is 0 Å². The Kier molecular flexibility index (Phi) is 3.75. The zero-order chi connectivity index (χ0) is 16.7. The standard InChI is InChI=1S/C18H23N5O/c1-13(2)23-18(24)16-9-5-6-10-17(16)22(23)12-14-11-21(20-19-14)15-7-3-4-8-15/h5-6,9-11,13,15H,3-4,7-8,12H2,1-2H3. The molecular weight excluding hydrogens is 302 g/mol. The van der Waals surface area contributed by atoms with Crippen LogP contribution in [0.25, 0.3) is 10.9 Å². The van der Waals surface area contributed by atoms with Gasteiger partial charge in [-0.3, -0.25) is 9.48 Å². The summed E-state index contributed by atoms with van der Waals surface area (Å²) in [5, 5.41) is 9.43. The average molecular weight is 325 g/mol. The summed E-state index contributed by atoms with van der Waals surface area (Å²) < 4.78 is 5.86. The van der Waals surface area contributed by atoms with Crippen molar-refractivity contribution in [2.45, 2.75) is 58.2 Å². The minimum atomic E-state index is 0.0591. The van der Waals surface area contributed by atoms with E-state index in [1.807, 2.05) is 58.4 Å². The molecule has 1 aliphatic carbocycles. The van der Waals surface area contributed by atoms with Crippen LogP contribution in [0.5, 0.6) is 0 Å². The van der Waals surface area contributed by atoms with Gasteiger partial charge in [-0.1, -0.05) is 30.2 Å². The van der Waals surface area contributed by atoms with Gasteiger partial charge < -0.3 is 0 Å². The first-order valence-electron chi connectivity index (χ1n) is 8.76. The number of hydrogen-bond donors (Lipinski definition) is 0. The second kappa shape index (κ2) is 5.92. The van der Waals surface area contributed by atoms with E-state index in [0.717, 1.165) is 16.6 Å². The Morgan fingerprint density at radius 3 is 2.71 bits per heavy atom. The quantitative estimate of drug-likeness (QED) is 0.740. The van der Waals surface area contributed by atoms with Crippen LogP contribution in [0.2, 0.25) is 0 Å². The van der Waals surface area contributed by atoms with E-state index < -0.39 is 0 Å². The summed E-state index contributed by atoms with van der Waals surface area (Å²) in [6.07, 6.45) is 6.96. The van der Waals surface area contributed by atoms with E-state index in [1.54, 1.807) is 0 Å². The Bertz CT molecular complexity index is 911. The van der Waals surface area contributed by atoms with Gasteiger partial charge in [-0.2, -0.15) is 0 Å². The number of hydrogen-bond acceptors (Lipinski definition) is 3. The minimum Gasteiger partial charge on any atom is -0.276 e. The van der Waals surface area contributed by atoms with Gasteiger partial charge in [0, 0.05) is 6.04 Å². The molecule has 1 aliphatic rings. The molecule has 2 aromatic heterocycles. The minimum absolute atomic E-state index is 0.0591. The van der Waals surface area contributed by atoms with Crippen LogP contribution in [-0.2, 0) is 6.54 Å². The highest BCUT2D eigenvalue weighted by Crippen LogP contribution is 2.28. The normalized spacial score (nSPS) is 15.8. The maximum Gasteiger partial charge on any atom is 0.274 e. The summed E-state index contributed by atoms with van der Waals surface area (Å²) in [4.78, 5) is 12.7. The Hall–Kier alpha value is -2.37. The number of aromatic nitrogens is 5. The van der Waals surface area contributed by atoms with Crippen molar-refractivity contribution in [3.05, 3.63) is 46.5 Å². The second-order valence-corrected chi connectivity index (χ2v) is 6.95. The highest BCUT2D eigenvalue weighted by atomic mass is 16.1. The summed E-state index contributed by atoms with van der Waals surface area (Å²) in [7, 11) is 0. The van der Waals surface area contributed by atoms with E-state index in [9.17, 15) is 4.79 Å². The molecule has 2 heterocycles.